The second kappa shape index (κ2) is 7.89. The van der Waals surface area contributed by atoms with Gasteiger partial charge in [-0.25, -0.2) is 18.6 Å². The molecule has 0 aliphatic carbocycles. The fourth-order valence-corrected chi connectivity index (χ4v) is 5.15. The zero-order valence-corrected chi connectivity index (χ0v) is 18.4. The van der Waals surface area contributed by atoms with Crippen LogP contribution in [0.2, 0.25) is 0 Å². The molecule has 0 radical (unpaired) electrons. The number of phenolic OH excluding ortho intramolecular Hbond substituents is 1. The Balaban J connectivity index is 1.43. The predicted octanol–water partition coefficient (Wildman–Crippen LogP) is 2.29. The fourth-order valence-electron chi connectivity index (χ4n) is 5.15. The number of aryl methyl sites for hydroxylation is 1. The van der Waals surface area contributed by atoms with Crippen LogP contribution in [0.1, 0.15) is 19.3 Å². The fraction of sp³-hybridized carbons (Fsp3) is 0.409. The molecule has 1 unspecified atom stereocenters. The van der Waals surface area contributed by atoms with Gasteiger partial charge in [0, 0.05) is 31.7 Å². The van der Waals surface area contributed by atoms with Gasteiger partial charge < -0.3 is 19.7 Å². The summed E-state index contributed by atoms with van der Waals surface area (Å²) in [4.78, 5) is 30.8. The lowest BCUT2D eigenvalue weighted by Crippen LogP contribution is -2.58. The van der Waals surface area contributed by atoms with Crippen molar-refractivity contribution in [3.05, 3.63) is 40.7 Å². The van der Waals surface area contributed by atoms with E-state index < -0.39 is 35.7 Å². The molecule has 2 N–H and O–H groups in total. The third-order valence-electron chi connectivity index (χ3n) is 6.92. The molecule has 0 spiro atoms. The maximum absolute atomic E-state index is 15.2. The van der Waals surface area contributed by atoms with Crippen molar-refractivity contribution in [3.8, 4) is 17.1 Å². The molecule has 5 rings (SSSR count). The number of aromatic hydroxyl groups is 1. The Morgan fingerprint density at radius 3 is 2.68 bits per heavy atom. The van der Waals surface area contributed by atoms with Gasteiger partial charge in [-0.3, -0.25) is 9.69 Å². The van der Waals surface area contributed by atoms with Gasteiger partial charge in [-0.1, -0.05) is 0 Å². The van der Waals surface area contributed by atoms with E-state index in [0.29, 0.717) is 19.3 Å². The third kappa shape index (κ3) is 3.32. The number of pyridine rings is 1. The van der Waals surface area contributed by atoms with Gasteiger partial charge in [0.25, 0.3) is 5.56 Å². The average Bonchev–Trinajstić information content (AvgIpc) is 3.17. The highest BCUT2D eigenvalue weighted by Crippen LogP contribution is 2.40. The Hall–Kier alpha value is -3.83. The smallest absolute Gasteiger partial charge is 0.407 e. The summed E-state index contributed by atoms with van der Waals surface area (Å²) in [7, 11) is 3.06. The first-order valence-corrected chi connectivity index (χ1v) is 10.8. The number of hydrogen-bond acceptors (Lipinski definition) is 7. The Morgan fingerprint density at radius 2 is 2.00 bits per heavy atom. The summed E-state index contributed by atoms with van der Waals surface area (Å²) in [6, 6.07) is 0.924. The zero-order chi connectivity index (χ0) is 24.3. The molecule has 4 heterocycles. The number of anilines is 1. The lowest BCUT2D eigenvalue weighted by atomic mass is 9.94. The minimum Gasteiger partial charge on any atom is -0.507 e. The van der Waals surface area contributed by atoms with Crippen LogP contribution in [0.5, 0.6) is 5.75 Å². The van der Waals surface area contributed by atoms with E-state index in [9.17, 15) is 24.2 Å². The summed E-state index contributed by atoms with van der Waals surface area (Å²) in [5.74, 6) is -0.660. The van der Waals surface area contributed by atoms with Gasteiger partial charge in [0.15, 0.2) is 11.6 Å². The summed E-state index contributed by atoms with van der Waals surface area (Å²) in [6.07, 6.45) is 1.34. The molecule has 2 saturated heterocycles. The first-order chi connectivity index (χ1) is 16.2. The zero-order valence-electron chi connectivity index (χ0n) is 18.4. The lowest BCUT2D eigenvalue weighted by molar-refractivity contribution is 0.0489. The summed E-state index contributed by atoms with van der Waals surface area (Å²) < 4.78 is 30.7. The Bertz CT molecular complexity index is 1350. The standard InChI is InChI=1S/C22H22F2N6O4/c1-28-9-14(23)11-6-13(17(31)7-12(11)21(28)32)20-25-8-18(26-27-20)29(2)16-5-10-3-4-15(19(16)24)30(10)22(33)34/h6-10,15-16,19,31H,3-5H2,1-2H3,(H,33,34)/t10-,15?,16-,19+/m0/s1. The molecule has 2 aromatic heterocycles. The van der Waals surface area contributed by atoms with Crippen molar-refractivity contribution in [1.29, 1.82) is 0 Å². The number of carboxylic acid groups (broad SMARTS) is 1. The monoisotopic (exact) mass is 472 g/mol. The highest BCUT2D eigenvalue weighted by Gasteiger charge is 2.51. The van der Waals surface area contributed by atoms with Crippen molar-refractivity contribution in [1.82, 2.24) is 24.6 Å². The number of amides is 1. The molecule has 3 aromatic rings. The molecular weight excluding hydrogens is 450 g/mol. The molecule has 2 aliphatic heterocycles. The van der Waals surface area contributed by atoms with Crippen molar-refractivity contribution in [2.45, 2.75) is 43.6 Å². The van der Waals surface area contributed by atoms with Gasteiger partial charge in [0.1, 0.15) is 17.7 Å². The van der Waals surface area contributed by atoms with E-state index in [0.717, 1.165) is 10.8 Å². The van der Waals surface area contributed by atoms with Crippen molar-refractivity contribution >= 4 is 22.7 Å². The normalized spacial score (nSPS) is 23.9. The lowest BCUT2D eigenvalue weighted by Gasteiger charge is -2.43. The summed E-state index contributed by atoms with van der Waals surface area (Å²) >= 11 is 0. The maximum atomic E-state index is 15.2. The highest BCUT2D eigenvalue weighted by molar-refractivity contribution is 5.89. The molecule has 1 amide bonds. The van der Waals surface area contributed by atoms with E-state index in [-0.39, 0.29) is 39.8 Å². The van der Waals surface area contributed by atoms with Crippen LogP contribution in [-0.4, -0.2) is 72.3 Å². The number of benzene rings is 1. The maximum Gasteiger partial charge on any atom is 0.407 e. The minimum absolute atomic E-state index is 0.00851. The summed E-state index contributed by atoms with van der Waals surface area (Å²) in [6.45, 7) is 0. The van der Waals surface area contributed by atoms with Gasteiger partial charge in [-0.2, -0.15) is 0 Å². The van der Waals surface area contributed by atoms with Crippen molar-refractivity contribution in [2.75, 3.05) is 11.9 Å². The molecule has 12 heteroatoms. The number of halogens is 2. The van der Waals surface area contributed by atoms with Crippen LogP contribution in [0, 0.1) is 5.82 Å². The molecule has 2 bridgehead atoms. The second-order valence-corrected chi connectivity index (χ2v) is 8.79. The predicted molar refractivity (Wildman–Crippen MR) is 118 cm³/mol. The molecule has 4 atom stereocenters. The van der Waals surface area contributed by atoms with E-state index in [1.165, 1.54) is 30.3 Å². The number of aromatic nitrogens is 4. The topological polar surface area (TPSA) is 125 Å². The van der Waals surface area contributed by atoms with Crippen LogP contribution in [0.3, 0.4) is 0 Å². The summed E-state index contributed by atoms with van der Waals surface area (Å²) in [5.41, 5.74) is -0.365. The second-order valence-electron chi connectivity index (χ2n) is 8.79. The number of rotatable bonds is 3. The molecule has 1 aromatic carbocycles. The van der Waals surface area contributed by atoms with Gasteiger partial charge in [-0.05, 0) is 31.4 Å². The van der Waals surface area contributed by atoms with Crippen molar-refractivity contribution in [2.24, 2.45) is 7.05 Å². The van der Waals surface area contributed by atoms with E-state index in [4.69, 9.17) is 0 Å². The number of piperidine rings is 1. The molecule has 34 heavy (non-hydrogen) atoms. The number of nitrogens with zero attached hydrogens (tertiary/aromatic N) is 6. The van der Waals surface area contributed by atoms with Gasteiger partial charge in [0.2, 0.25) is 0 Å². The van der Waals surface area contributed by atoms with Crippen molar-refractivity contribution < 1.29 is 23.8 Å². The SMILES string of the molecule is CN(c1cnc(-c2cc3c(F)cn(C)c(=O)c3cc2O)nn1)[C@H]1C[C@@H]2CCC([C@H]1F)N2C(=O)O. The van der Waals surface area contributed by atoms with Crippen molar-refractivity contribution in [3.63, 3.8) is 0 Å². The first kappa shape index (κ1) is 22.0. The molecule has 10 nitrogen and oxygen atoms in total. The van der Waals surface area contributed by atoms with Gasteiger partial charge in [0.05, 0.1) is 29.2 Å². The number of hydrogen-bond donors (Lipinski definition) is 2. The number of carbonyl (C=O) groups is 1. The van der Waals surface area contributed by atoms with Crippen LogP contribution in [0.15, 0.2) is 29.3 Å². The van der Waals surface area contributed by atoms with Crippen LogP contribution in [-0.2, 0) is 7.05 Å². The van der Waals surface area contributed by atoms with E-state index in [2.05, 4.69) is 15.2 Å². The largest absolute Gasteiger partial charge is 0.507 e. The van der Waals surface area contributed by atoms with E-state index in [1.807, 2.05) is 0 Å². The third-order valence-corrected chi connectivity index (χ3v) is 6.92. The van der Waals surface area contributed by atoms with Crippen LogP contribution in [0.4, 0.5) is 19.4 Å². The number of phenols is 1. The average molecular weight is 472 g/mol. The number of fused-ring (bicyclic) bond motifs is 3. The molecule has 2 fully saturated rings. The quantitative estimate of drug-likeness (QED) is 0.595. The van der Waals surface area contributed by atoms with Gasteiger partial charge in [-0.15, -0.1) is 10.2 Å². The number of alkyl halides is 1. The Labute approximate surface area is 192 Å². The molecule has 178 valence electrons. The Morgan fingerprint density at radius 1 is 1.24 bits per heavy atom. The van der Waals surface area contributed by atoms with Crippen LogP contribution in [0.25, 0.3) is 22.2 Å². The van der Waals surface area contributed by atoms with E-state index >= 15 is 4.39 Å². The first-order valence-electron chi connectivity index (χ1n) is 10.8. The van der Waals surface area contributed by atoms with Gasteiger partial charge >= 0.3 is 6.09 Å². The van der Waals surface area contributed by atoms with Crippen LogP contribution >= 0.6 is 0 Å². The molecule has 2 aliphatic rings. The van der Waals surface area contributed by atoms with Crippen LogP contribution < -0.4 is 10.5 Å². The Kier molecular flexibility index (Phi) is 5.10. The van der Waals surface area contributed by atoms with E-state index in [1.54, 1.807) is 11.9 Å². The highest BCUT2D eigenvalue weighted by atomic mass is 19.1. The molecule has 0 saturated carbocycles. The summed E-state index contributed by atoms with van der Waals surface area (Å²) in [5, 5.41) is 28.0. The minimum atomic E-state index is -1.39. The molecular formula is C22H22F2N6O4.